The number of benzene rings is 1. The molecule has 2 unspecified atom stereocenters. The summed E-state index contributed by atoms with van der Waals surface area (Å²) in [5.74, 6) is -0.741. The number of thiol groups is 1. The first-order valence-electron chi connectivity index (χ1n) is 4.99. The van der Waals surface area contributed by atoms with E-state index in [-0.39, 0.29) is 35.5 Å². The van der Waals surface area contributed by atoms with Gasteiger partial charge >= 0.3 is 35.5 Å². The van der Waals surface area contributed by atoms with Gasteiger partial charge in [0.25, 0.3) is 0 Å². The predicted molar refractivity (Wildman–Crippen MR) is 74.0 cm³/mol. The van der Waals surface area contributed by atoms with E-state index in [1.807, 2.05) is 0 Å². The molecule has 0 radical (unpaired) electrons. The Bertz CT molecular complexity index is 509. The molecule has 8 heteroatoms. The molecular formula is C11H9ClNNaO3S2. The average molecular weight is 326 g/mol. The van der Waals surface area contributed by atoms with Gasteiger partial charge in [0.2, 0.25) is 5.91 Å². The largest absolute Gasteiger partial charge is 1.00 e. The van der Waals surface area contributed by atoms with Crippen molar-refractivity contribution in [1.29, 1.82) is 0 Å². The fraction of sp³-hybridized carbons (Fsp3) is 0.273. The number of methoxy groups -OCH3 is 1. The third-order valence-electron chi connectivity index (χ3n) is 2.63. The van der Waals surface area contributed by atoms with Gasteiger partial charge in [-0.15, -0.1) is 11.6 Å². The van der Waals surface area contributed by atoms with Gasteiger partial charge in [0.1, 0.15) is 5.38 Å². The number of halogens is 1. The number of rotatable bonds is 2. The van der Waals surface area contributed by atoms with Crippen LogP contribution in [-0.2, 0) is 22.2 Å². The minimum Gasteiger partial charge on any atom is -0.751 e. The normalized spacial score (nSPS) is 25.4. The van der Waals surface area contributed by atoms with Crippen molar-refractivity contribution in [2.75, 3.05) is 12.0 Å². The average Bonchev–Trinajstić information content (AvgIpc) is 2.38. The van der Waals surface area contributed by atoms with Crippen LogP contribution in [0.3, 0.4) is 0 Å². The Kier molecular flexibility index (Phi) is 5.69. The van der Waals surface area contributed by atoms with Crippen LogP contribution < -0.4 is 34.5 Å². The molecule has 1 heterocycles. The molecule has 1 aliphatic rings. The van der Waals surface area contributed by atoms with Gasteiger partial charge in [0, 0.05) is 5.69 Å². The number of ether oxygens (including phenoxy) is 1. The third-order valence-corrected chi connectivity index (χ3v) is 4.29. The maximum absolute atomic E-state index is 11.6. The number of carbonyl (C=O) groups is 2. The molecule has 1 saturated heterocycles. The number of carbonyl (C=O) groups excluding carboxylic acids is 2. The number of amides is 1. The van der Waals surface area contributed by atoms with Crippen molar-refractivity contribution in [1.82, 2.24) is 0 Å². The van der Waals surface area contributed by atoms with Gasteiger partial charge in [0.05, 0.1) is 12.7 Å². The number of hydrogen-bond acceptors (Lipinski definition) is 5. The molecule has 0 aliphatic carbocycles. The summed E-state index contributed by atoms with van der Waals surface area (Å²) in [6.07, 6.45) is 0. The van der Waals surface area contributed by atoms with Gasteiger partial charge in [-0.25, -0.2) is 4.79 Å². The van der Waals surface area contributed by atoms with E-state index >= 15 is 0 Å². The Morgan fingerprint density at radius 1 is 1.47 bits per heavy atom. The molecule has 4 nitrogen and oxygen atoms in total. The van der Waals surface area contributed by atoms with Crippen LogP contribution in [0.15, 0.2) is 24.3 Å². The summed E-state index contributed by atoms with van der Waals surface area (Å²) in [5, 5.41) is -0.823. The van der Waals surface area contributed by atoms with Crippen molar-refractivity contribution in [3.8, 4) is 0 Å². The van der Waals surface area contributed by atoms with E-state index in [4.69, 9.17) is 24.2 Å². The first kappa shape index (κ1) is 17.2. The topological polar surface area (TPSA) is 46.6 Å². The SMILES string of the molecule is COC(=O)c1ccc(N2C(=O)C(Cl)C2([S-])S)cc1.[Na+]. The van der Waals surface area contributed by atoms with Crippen LogP contribution in [0.1, 0.15) is 10.4 Å². The van der Waals surface area contributed by atoms with Crippen LogP contribution in [0, 0.1) is 0 Å². The van der Waals surface area contributed by atoms with E-state index in [0.717, 1.165) is 0 Å². The molecule has 1 aromatic rings. The zero-order valence-corrected chi connectivity index (χ0v) is 14.8. The molecular weight excluding hydrogens is 317 g/mol. The Morgan fingerprint density at radius 2 is 2.00 bits per heavy atom. The fourth-order valence-corrected chi connectivity index (χ4v) is 2.47. The molecule has 1 amide bonds. The number of nitrogens with zero attached hydrogens (tertiary/aromatic N) is 1. The number of β-lactam (4-membered cyclic amide) rings is 1. The van der Waals surface area contributed by atoms with Crippen molar-refractivity contribution in [3.63, 3.8) is 0 Å². The standard InChI is InChI=1S/C11H10ClNO3S2.Na/c1-16-10(15)6-2-4-7(5-3-6)13-9(14)8(12)11(13,17)18;/h2-5,8,17-18H,1H3;/q;+1/p-1. The van der Waals surface area contributed by atoms with Crippen molar-refractivity contribution in [3.05, 3.63) is 29.8 Å². The Balaban J connectivity index is 0.00000180. The van der Waals surface area contributed by atoms with Gasteiger partial charge < -0.3 is 22.3 Å². The Hall–Kier alpha value is 0.150. The summed E-state index contributed by atoms with van der Waals surface area (Å²) >= 11 is 15.1. The fourth-order valence-electron chi connectivity index (χ4n) is 1.66. The summed E-state index contributed by atoms with van der Waals surface area (Å²) in [6, 6.07) is 6.30. The predicted octanol–water partition coefficient (Wildman–Crippen LogP) is -1.44. The van der Waals surface area contributed by atoms with Gasteiger partial charge in [-0.05, 0) is 28.5 Å². The zero-order chi connectivity index (χ0) is 13.5. The Morgan fingerprint density at radius 3 is 2.42 bits per heavy atom. The molecule has 1 fully saturated rings. The maximum Gasteiger partial charge on any atom is 1.00 e. The van der Waals surface area contributed by atoms with Gasteiger partial charge in [-0.3, -0.25) is 4.79 Å². The second kappa shape index (κ2) is 6.28. The van der Waals surface area contributed by atoms with E-state index in [2.05, 4.69) is 17.4 Å². The Labute approximate surface area is 148 Å². The quantitative estimate of drug-likeness (QED) is 0.181. The van der Waals surface area contributed by atoms with Crippen LogP contribution in [0.25, 0.3) is 0 Å². The van der Waals surface area contributed by atoms with E-state index in [9.17, 15) is 9.59 Å². The summed E-state index contributed by atoms with van der Waals surface area (Å²) in [6.45, 7) is 0. The number of alkyl halides is 1. The summed E-state index contributed by atoms with van der Waals surface area (Å²) in [5.41, 5.74) is 0.945. The second-order valence-corrected chi connectivity index (χ2v) is 5.78. The number of esters is 1. The summed E-state index contributed by atoms with van der Waals surface area (Å²) in [4.78, 5) is 24.2. The first-order valence-corrected chi connectivity index (χ1v) is 6.28. The minimum atomic E-state index is -1.13. The molecule has 96 valence electrons. The monoisotopic (exact) mass is 325 g/mol. The molecule has 0 N–H and O–H groups in total. The molecule has 1 aliphatic heterocycles. The minimum absolute atomic E-state index is 0. The van der Waals surface area contributed by atoms with Crippen molar-refractivity contribution < 1.29 is 43.9 Å². The van der Waals surface area contributed by atoms with Crippen LogP contribution in [0.5, 0.6) is 0 Å². The van der Waals surface area contributed by atoms with Crippen LogP contribution in [0.2, 0.25) is 0 Å². The van der Waals surface area contributed by atoms with Crippen LogP contribution in [0.4, 0.5) is 5.69 Å². The van der Waals surface area contributed by atoms with E-state index in [1.54, 1.807) is 24.3 Å². The number of anilines is 1. The molecule has 0 spiro atoms. The van der Waals surface area contributed by atoms with Crippen molar-refractivity contribution in [2.24, 2.45) is 0 Å². The molecule has 1 aromatic carbocycles. The molecule has 0 bridgehead atoms. The smallest absolute Gasteiger partial charge is 0.751 e. The first-order chi connectivity index (χ1) is 8.39. The van der Waals surface area contributed by atoms with E-state index in [1.165, 1.54) is 12.0 Å². The summed E-state index contributed by atoms with van der Waals surface area (Å²) in [7, 11) is 1.30. The molecule has 2 rings (SSSR count). The molecule has 2 atom stereocenters. The van der Waals surface area contributed by atoms with Gasteiger partial charge in [0.15, 0.2) is 0 Å². The van der Waals surface area contributed by atoms with E-state index < -0.39 is 15.5 Å². The van der Waals surface area contributed by atoms with Crippen molar-refractivity contribution in [2.45, 2.75) is 9.58 Å². The maximum atomic E-state index is 11.6. The summed E-state index contributed by atoms with van der Waals surface area (Å²) < 4.78 is 3.45. The van der Waals surface area contributed by atoms with Crippen LogP contribution >= 0.6 is 24.2 Å². The zero-order valence-electron chi connectivity index (χ0n) is 10.3. The second-order valence-electron chi connectivity index (χ2n) is 3.73. The number of hydrogen-bond donors (Lipinski definition) is 1. The van der Waals surface area contributed by atoms with Gasteiger partial charge in [-0.1, -0.05) is 0 Å². The van der Waals surface area contributed by atoms with Gasteiger partial charge in [-0.2, -0.15) is 12.6 Å². The van der Waals surface area contributed by atoms with Crippen LogP contribution in [-0.4, -0.2) is 28.6 Å². The molecule has 0 saturated carbocycles. The molecule has 0 aromatic heterocycles. The van der Waals surface area contributed by atoms with Crippen molar-refractivity contribution >= 4 is 54.4 Å². The van der Waals surface area contributed by atoms with E-state index in [0.29, 0.717) is 11.3 Å². The third kappa shape index (κ3) is 2.94. The molecule has 19 heavy (non-hydrogen) atoms.